The number of anilines is 1. The average molecular weight is 312 g/mol. The van der Waals surface area contributed by atoms with E-state index in [1.54, 1.807) is 31.3 Å². The molecule has 0 atom stereocenters. The lowest BCUT2D eigenvalue weighted by Gasteiger charge is -2.13. The number of amides is 1. The number of hydrogen-bond donors (Lipinski definition) is 0. The molecule has 22 heavy (non-hydrogen) atoms. The zero-order valence-corrected chi connectivity index (χ0v) is 12.7. The molecule has 3 rings (SSSR count). The molecular weight excluding hydrogens is 299 g/mol. The molecule has 0 radical (unpaired) electrons. The van der Waals surface area contributed by atoms with Crippen molar-refractivity contribution >= 4 is 22.4 Å². The molecule has 110 valence electrons. The lowest BCUT2D eigenvalue weighted by Crippen LogP contribution is -2.25. The van der Waals surface area contributed by atoms with Gasteiger partial charge in [-0.3, -0.25) is 9.69 Å². The van der Waals surface area contributed by atoms with Crippen LogP contribution in [0.2, 0.25) is 0 Å². The van der Waals surface area contributed by atoms with Crippen molar-refractivity contribution in [2.75, 3.05) is 11.9 Å². The zero-order valence-electron chi connectivity index (χ0n) is 11.9. The van der Waals surface area contributed by atoms with E-state index in [9.17, 15) is 9.18 Å². The fourth-order valence-corrected chi connectivity index (χ4v) is 2.83. The van der Waals surface area contributed by atoms with Crippen molar-refractivity contribution in [3.05, 3.63) is 71.4 Å². The van der Waals surface area contributed by atoms with Crippen LogP contribution in [0.4, 0.5) is 9.52 Å². The Hall–Kier alpha value is -2.53. The molecule has 5 heteroatoms. The lowest BCUT2D eigenvalue weighted by atomic mass is 10.2. The van der Waals surface area contributed by atoms with E-state index in [0.717, 1.165) is 11.3 Å². The molecular formula is C17H13FN2OS. The SMILES string of the molecule is CN(C(=O)c1ccccc1)c1nc(-c2ccc(F)cc2)cs1. The summed E-state index contributed by atoms with van der Waals surface area (Å²) in [6.07, 6.45) is 0. The van der Waals surface area contributed by atoms with Gasteiger partial charge in [0.1, 0.15) is 5.82 Å². The minimum Gasteiger partial charge on any atom is -0.287 e. The summed E-state index contributed by atoms with van der Waals surface area (Å²) in [5, 5.41) is 2.46. The molecule has 0 spiro atoms. The maximum absolute atomic E-state index is 13.0. The number of carbonyl (C=O) groups excluding carboxylic acids is 1. The first-order chi connectivity index (χ1) is 10.6. The molecule has 0 fully saturated rings. The van der Waals surface area contributed by atoms with Gasteiger partial charge in [0.15, 0.2) is 5.13 Å². The van der Waals surface area contributed by atoms with Crippen LogP contribution in [-0.4, -0.2) is 17.9 Å². The van der Waals surface area contributed by atoms with Gasteiger partial charge in [0.2, 0.25) is 0 Å². The van der Waals surface area contributed by atoms with Crippen molar-refractivity contribution in [1.29, 1.82) is 0 Å². The molecule has 3 nitrogen and oxygen atoms in total. The average Bonchev–Trinajstić information content (AvgIpc) is 3.05. The molecule has 0 bridgehead atoms. The molecule has 0 saturated carbocycles. The van der Waals surface area contributed by atoms with Gasteiger partial charge in [0, 0.05) is 23.6 Å². The Morgan fingerprint density at radius 1 is 1.09 bits per heavy atom. The van der Waals surface area contributed by atoms with E-state index >= 15 is 0 Å². The smallest absolute Gasteiger partial charge is 0.259 e. The van der Waals surface area contributed by atoms with Gasteiger partial charge in [-0.2, -0.15) is 0 Å². The fourth-order valence-electron chi connectivity index (χ4n) is 2.03. The van der Waals surface area contributed by atoms with Gasteiger partial charge >= 0.3 is 0 Å². The zero-order chi connectivity index (χ0) is 15.5. The molecule has 3 aromatic rings. The summed E-state index contributed by atoms with van der Waals surface area (Å²) in [6, 6.07) is 15.2. The minimum absolute atomic E-state index is 0.111. The second-order valence-electron chi connectivity index (χ2n) is 4.75. The van der Waals surface area contributed by atoms with Crippen LogP contribution in [0.15, 0.2) is 60.0 Å². The first-order valence-corrected chi connectivity index (χ1v) is 7.57. The van der Waals surface area contributed by atoms with Crippen molar-refractivity contribution in [3.63, 3.8) is 0 Å². The molecule has 1 heterocycles. The van der Waals surface area contributed by atoms with Crippen LogP contribution in [0, 0.1) is 5.82 Å². The predicted molar refractivity (Wildman–Crippen MR) is 86.7 cm³/mol. The predicted octanol–water partition coefficient (Wildman–Crippen LogP) is 4.23. The molecule has 0 unspecified atom stereocenters. The highest BCUT2D eigenvalue weighted by Crippen LogP contribution is 2.27. The molecule has 0 aliphatic heterocycles. The Bertz CT molecular complexity index is 784. The number of hydrogen-bond acceptors (Lipinski definition) is 3. The second kappa shape index (κ2) is 6.07. The highest BCUT2D eigenvalue weighted by Gasteiger charge is 2.16. The van der Waals surface area contributed by atoms with Crippen LogP contribution < -0.4 is 4.90 Å². The minimum atomic E-state index is -0.282. The third kappa shape index (κ3) is 2.89. The summed E-state index contributed by atoms with van der Waals surface area (Å²) >= 11 is 1.38. The van der Waals surface area contributed by atoms with Crippen LogP contribution in [0.5, 0.6) is 0 Å². The molecule has 0 aliphatic carbocycles. The van der Waals surface area contributed by atoms with Crippen molar-refractivity contribution in [2.45, 2.75) is 0 Å². The van der Waals surface area contributed by atoms with Gasteiger partial charge in [-0.25, -0.2) is 9.37 Å². The first kappa shape index (κ1) is 14.4. The summed E-state index contributed by atoms with van der Waals surface area (Å²) in [6.45, 7) is 0. The van der Waals surface area contributed by atoms with Crippen LogP contribution in [0.25, 0.3) is 11.3 Å². The third-order valence-corrected chi connectivity index (χ3v) is 4.16. The van der Waals surface area contributed by atoms with Crippen LogP contribution in [0.1, 0.15) is 10.4 Å². The van der Waals surface area contributed by atoms with Gasteiger partial charge in [-0.05, 0) is 36.4 Å². The molecule has 0 N–H and O–H groups in total. The maximum Gasteiger partial charge on any atom is 0.259 e. The number of thiazole rings is 1. The van der Waals surface area contributed by atoms with Gasteiger partial charge in [0.05, 0.1) is 5.69 Å². The van der Waals surface area contributed by atoms with Crippen LogP contribution in [0.3, 0.4) is 0 Å². The Kier molecular flexibility index (Phi) is 3.98. The highest BCUT2D eigenvalue weighted by atomic mass is 32.1. The fraction of sp³-hybridized carbons (Fsp3) is 0.0588. The van der Waals surface area contributed by atoms with E-state index in [0.29, 0.717) is 10.7 Å². The van der Waals surface area contributed by atoms with E-state index in [1.807, 2.05) is 23.6 Å². The summed E-state index contributed by atoms with van der Waals surface area (Å²) in [4.78, 5) is 18.4. The van der Waals surface area contributed by atoms with Crippen molar-refractivity contribution in [3.8, 4) is 11.3 Å². The summed E-state index contributed by atoms with van der Waals surface area (Å²) < 4.78 is 13.0. The van der Waals surface area contributed by atoms with E-state index < -0.39 is 0 Å². The monoisotopic (exact) mass is 312 g/mol. The molecule has 2 aromatic carbocycles. The lowest BCUT2D eigenvalue weighted by molar-refractivity contribution is 0.0993. The van der Waals surface area contributed by atoms with Gasteiger partial charge in [-0.15, -0.1) is 11.3 Å². The van der Waals surface area contributed by atoms with Gasteiger partial charge in [0.25, 0.3) is 5.91 Å². The second-order valence-corrected chi connectivity index (χ2v) is 5.59. The molecule has 1 amide bonds. The first-order valence-electron chi connectivity index (χ1n) is 6.70. The quantitative estimate of drug-likeness (QED) is 0.725. The number of aromatic nitrogens is 1. The standard InChI is InChI=1S/C17H13FN2OS/c1-20(16(21)13-5-3-2-4-6-13)17-19-15(11-22-17)12-7-9-14(18)10-8-12/h2-11H,1H3. The maximum atomic E-state index is 13.0. The van der Waals surface area contributed by atoms with E-state index in [2.05, 4.69) is 4.98 Å². The van der Waals surface area contributed by atoms with Crippen molar-refractivity contribution in [1.82, 2.24) is 4.98 Å². The molecule has 0 saturated heterocycles. The van der Waals surface area contributed by atoms with E-state index in [-0.39, 0.29) is 11.7 Å². The number of carbonyl (C=O) groups is 1. The van der Waals surface area contributed by atoms with Gasteiger partial charge < -0.3 is 0 Å². The Labute approximate surface area is 131 Å². The van der Waals surface area contributed by atoms with Crippen LogP contribution in [-0.2, 0) is 0 Å². The largest absolute Gasteiger partial charge is 0.287 e. The number of halogens is 1. The van der Waals surface area contributed by atoms with Crippen molar-refractivity contribution < 1.29 is 9.18 Å². The Morgan fingerprint density at radius 2 is 1.77 bits per heavy atom. The molecule has 0 aliphatic rings. The normalized spacial score (nSPS) is 10.5. The van der Waals surface area contributed by atoms with Crippen molar-refractivity contribution in [2.24, 2.45) is 0 Å². The molecule has 1 aromatic heterocycles. The Balaban J connectivity index is 1.84. The van der Waals surface area contributed by atoms with Gasteiger partial charge in [-0.1, -0.05) is 18.2 Å². The third-order valence-electron chi connectivity index (χ3n) is 3.24. The summed E-state index contributed by atoms with van der Waals surface area (Å²) in [5.41, 5.74) is 2.17. The number of benzene rings is 2. The highest BCUT2D eigenvalue weighted by molar-refractivity contribution is 7.14. The van der Waals surface area contributed by atoms with Crippen LogP contribution >= 0.6 is 11.3 Å². The van der Waals surface area contributed by atoms with E-state index in [4.69, 9.17) is 0 Å². The number of nitrogens with zero attached hydrogens (tertiary/aromatic N) is 2. The van der Waals surface area contributed by atoms with E-state index in [1.165, 1.54) is 28.4 Å². The topological polar surface area (TPSA) is 33.2 Å². The Morgan fingerprint density at radius 3 is 2.45 bits per heavy atom. The summed E-state index contributed by atoms with van der Waals surface area (Å²) in [7, 11) is 1.70. The number of rotatable bonds is 3. The summed E-state index contributed by atoms with van der Waals surface area (Å²) in [5.74, 6) is -0.392.